The van der Waals surface area contributed by atoms with Gasteiger partial charge < -0.3 is 16.4 Å². The Labute approximate surface area is 107 Å². The quantitative estimate of drug-likeness (QED) is 0.647. The van der Waals surface area contributed by atoms with Crippen molar-refractivity contribution in [2.24, 2.45) is 17.4 Å². The highest BCUT2D eigenvalue weighted by Crippen LogP contribution is 2.15. The van der Waals surface area contributed by atoms with Crippen LogP contribution >= 0.6 is 12.4 Å². The van der Waals surface area contributed by atoms with Gasteiger partial charge in [0.1, 0.15) is 0 Å². The number of hydrogen-bond donors (Lipinski definition) is 3. The fourth-order valence-electron chi connectivity index (χ4n) is 1.91. The van der Waals surface area contributed by atoms with Crippen LogP contribution in [0, 0.1) is 5.92 Å². The van der Waals surface area contributed by atoms with Crippen LogP contribution in [-0.2, 0) is 4.79 Å². The molecule has 0 aromatic heterocycles. The zero-order valence-corrected chi connectivity index (χ0v) is 10.7. The van der Waals surface area contributed by atoms with Crippen molar-refractivity contribution < 1.29 is 9.59 Å². The first-order valence-electron chi connectivity index (χ1n) is 5.63. The monoisotopic (exact) mass is 264 g/mol. The number of likely N-dealkylation sites (tertiary alicyclic amines) is 1. The van der Waals surface area contributed by atoms with Crippen LogP contribution < -0.4 is 16.8 Å². The number of hydrogen-bond acceptors (Lipinski definition) is 4. The summed E-state index contributed by atoms with van der Waals surface area (Å²) >= 11 is 0. The number of amides is 3. The Balaban J connectivity index is 0.00000256. The van der Waals surface area contributed by atoms with Gasteiger partial charge in [0.15, 0.2) is 0 Å². The second kappa shape index (κ2) is 8.27. The van der Waals surface area contributed by atoms with Crippen LogP contribution in [0.5, 0.6) is 0 Å². The number of nitrogens with one attached hydrogen (secondary N) is 1. The molecule has 0 bridgehead atoms. The molecule has 100 valence electrons. The highest BCUT2D eigenvalue weighted by atomic mass is 35.5. The van der Waals surface area contributed by atoms with Crippen LogP contribution in [0.25, 0.3) is 0 Å². The summed E-state index contributed by atoms with van der Waals surface area (Å²) in [6.45, 7) is 3.38. The highest BCUT2D eigenvalue weighted by Gasteiger charge is 2.18. The predicted octanol–water partition coefficient (Wildman–Crippen LogP) is -0.336. The normalized spacial score (nSPS) is 17.2. The van der Waals surface area contributed by atoms with Crippen LogP contribution in [-0.4, -0.2) is 43.0 Å². The number of carbonyl (C=O) groups excluding carboxylic acids is 2. The fourth-order valence-corrected chi connectivity index (χ4v) is 1.91. The Morgan fingerprint density at radius 2 is 1.88 bits per heavy atom. The van der Waals surface area contributed by atoms with Gasteiger partial charge in [-0.25, -0.2) is 4.79 Å². The lowest BCUT2D eigenvalue weighted by molar-refractivity contribution is -0.120. The summed E-state index contributed by atoms with van der Waals surface area (Å²) in [7, 11) is 0. The number of imide groups is 1. The molecule has 17 heavy (non-hydrogen) atoms. The van der Waals surface area contributed by atoms with Gasteiger partial charge in [-0.15, -0.1) is 12.4 Å². The Kier molecular flexibility index (Phi) is 7.86. The van der Waals surface area contributed by atoms with E-state index in [-0.39, 0.29) is 18.3 Å². The maximum atomic E-state index is 11.2. The van der Waals surface area contributed by atoms with Crippen molar-refractivity contribution in [3.05, 3.63) is 0 Å². The van der Waals surface area contributed by atoms with Crippen LogP contribution in [0.15, 0.2) is 0 Å². The van der Waals surface area contributed by atoms with Crippen LogP contribution in [0.1, 0.15) is 19.3 Å². The van der Waals surface area contributed by atoms with Crippen molar-refractivity contribution in [1.29, 1.82) is 0 Å². The van der Waals surface area contributed by atoms with E-state index >= 15 is 0 Å². The molecule has 0 saturated carbocycles. The van der Waals surface area contributed by atoms with E-state index in [9.17, 15) is 9.59 Å². The van der Waals surface area contributed by atoms with E-state index in [1.54, 1.807) is 0 Å². The van der Waals surface area contributed by atoms with Gasteiger partial charge in [0, 0.05) is 13.0 Å². The van der Waals surface area contributed by atoms with Crippen LogP contribution in [0.3, 0.4) is 0 Å². The molecule has 6 nitrogen and oxygen atoms in total. The van der Waals surface area contributed by atoms with E-state index in [1.165, 1.54) is 0 Å². The van der Waals surface area contributed by atoms with Gasteiger partial charge in [-0.3, -0.25) is 10.1 Å². The third kappa shape index (κ3) is 6.45. The molecule has 0 atom stereocenters. The SMILES string of the molecule is Cl.NCC1CCN(CCC(=O)NC(N)=O)CC1. The standard InChI is InChI=1S/C10H20N4O2.ClH/c11-7-8-1-4-14(5-2-8)6-3-9(15)13-10(12)16;/h8H,1-7,11H2,(H3,12,13,15,16);1H. The minimum absolute atomic E-state index is 0. The zero-order chi connectivity index (χ0) is 12.0. The minimum atomic E-state index is -0.785. The van der Waals surface area contributed by atoms with Gasteiger partial charge >= 0.3 is 6.03 Å². The number of carbonyl (C=O) groups is 2. The van der Waals surface area contributed by atoms with E-state index in [2.05, 4.69) is 10.2 Å². The predicted molar refractivity (Wildman–Crippen MR) is 67.8 cm³/mol. The first-order chi connectivity index (χ1) is 7.61. The number of halogens is 1. The molecule has 0 unspecified atom stereocenters. The molecule has 0 aromatic carbocycles. The lowest BCUT2D eigenvalue weighted by atomic mass is 9.97. The molecule has 0 aliphatic carbocycles. The van der Waals surface area contributed by atoms with Crippen molar-refractivity contribution >= 4 is 24.3 Å². The third-order valence-corrected chi connectivity index (χ3v) is 2.96. The molecule has 1 rings (SSSR count). The van der Waals surface area contributed by atoms with Crippen molar-refractivity contribution in [3.63, 3.8) is 0 Å². The number of urea groups is 1. The first kappa shape index (κ1) is 16.1. The topological polar surface area (TPSA) is 101 Å². The van der Waals surface area contributed by atoms with Crippen molar-refractivity contribution in [2.45, 2.75) is 19.3 Å². The molecule has 1 aliphatic heterocycles. The zero-order valence-electron chi connectivity index (χ0n) is 9.85. The summed E-state index contributed by atoms with van der Waals surface area (Å²) < 4.78 is 0. The smallest absolute Gasteiger partial charge is 0.318 e. The molecular weight excluding hydrogens is 244 g/mol. The fraction of sp³-hybridized carbons (Fsp3) is 0.800. The van der Waals surface area contributed by atoms with Gasteiger partial charge in [0.2, 0.25) is 5.91 Å². The lowest BCUT2D eigenvalue weighted by Crippen LogP contribution is -2.40. The molecule has 1 aliphatic rings. The van der Waals surface area contributed by atoms with Crippen LogP contribution in [0.2, 0.25) is 0 Å². The maximum absolute atomic E-state index is 11.2. The Morgan fingerprint density at radius 3 is 2.35 bits per heavy atom. The number of primary amides is 1. The number of rotatable bonds is 4. The highest BCUT2D eigenvalue weighted by molar-refractivity contribution is 5.93. The summed E-state index contributed by atoms with van der Waals surface area (Å²) in [5, 5.41) is 2.06. The molecule has 5 N–H and O–H groups in total. The van der Waals surface area contributed by atoms with E-state index in [0.29, 0.717) is 18.9 Å². The summed E-state index contributed by atoms with van der Waals surface area (Å²) in [5.74, 6) is 0.309. The first-order valence-corrected chi connectivity index (χ1v) is 5.63. The summed E-state index contributed by atoms with van der Waals surface area (Å²) in [6, 6.07) is -0.785. The van der Waals surface area contributed by atoms with Crippen molar-refractivity contribution in [1.82, 2.24) is 10.2 Å². The second-order valence-electron chi connectivity index (χ2n) is 4.18. The summed E-state index contributed by atoms with van der Waals surface area (Å²) in [5.41, 5.74) is 10.4. The Hall–Kier alpha value is -0.850. The average Bonchev–Trinajstić information content (AvgIpc) is 2.26. The van der Waals surface area contributed by atoms with Gasteiger partial charge in [-0.1, -0.05) is 0 Å². The minimum Gasteiger partial charge on any atom is -0.351 e. The maximum Gasteiger partial charge on any atom is 0.318 e. The summed E-state index contributed by atoms with van der Waals surface area (Å²) in [4.78, 5) is 23.8. The molecule has 0 aromatic rings. The lowest BCUT2D eigenvalue weighted by Gasteiger charge is -2.30. The number of nitrogens with zero attached hydrogens (tertiary/aromatic N) is 1. The third-order valence-electron chi connectivity index (χ3n) is 2.96. The van der Waals surface area contributed by atoms with Gasteiger partial charge in [-0.05, 0) is 38.4 Å². The average molecular weight is 265 g/mol. The van der Waals surface area contributed by atoms with E-state index < -0.39 is 6.03 Å². The molecule has 1 heterocycles. The van der Waals surface area contributed by atoms with E-state index in [4.69, 9.17) is 11.5 Å². The summed E-state index contributed by atoms with van der Waals surface area (Å²) in [6.07, 6.45) is 2.50. The Bertz CT molecular complexity index is 255. The molecule has 1 fully saturated rings. The van der Waals surface area contributed by atoms with Crippen LogP contribution in [0.4, 0.5) is 4.79 Å². The molecule has 1 saturated heterocycles. The van der Waals surface area contributed by atoms with Crippen molar-refractivity contribution in [3.8, 4) is 0 Å². The molecule has 3 amide bonds. The molecule has 0 spiro atoms. The van der Waals surface area contributed by atoms with Gasteiger partial charge in [0.25, 0.3) is 0 Å². The van der Waals surface area contributed by atoms with E-state index in [1.807, 2.05) is 0 Å². The van der Waals surface area contributed by atoms with Crippen molar-refractivity contribution in [2.75, 3.05) is 26.2 Å². The molecule has 0 radical (unpaired) electrons. The number of nitrogens with two attached hydrogens (primary N) is 2. The Morgan fingerprint density at radius 1 is 1.29 bits per heavy atom. The van der Waals surface area contributed by atoms with E-state index in [0.717, 1.165) is 32.5 Å². The van der Waals surface area contributed by atoms with Gasteiger partial charge in [0.05, 0.1) is 0 Å². The largest absolute Gasteiger partial charge is 0.351 e. The second-order valence-corrected chi connectivity index (χ2v) is 4.18. The molecular formula is C10H21ClN4O2. The van der Waals surface area contributed by atoms with Gasteiger partial charge in [-0.2, -0.15) is 0 Å². The molecule has 7 heteroatoms. The number of piperidine rings is 1.